The maximum Gasteiger partial charge on any atom is 0.396 e. The molecule has 0 aromatic carbocycles. The van der Waals surface area contributed by atoms with Gasteiger partial charge in [0.1, 0.15) is 12.2 Å². The number of nitrogens with zero attached hydrogens (tertiary/aromatic N) is 4. The first-order valence-corrected chi connectivity index (χ1v) is 7.17. The van der Waals surface area contributed by atoms with Crippen molar-refractivity contribution in [2.75, 3.05) is 24.6 Å². The van der Waals surface area contributed by atoms with E-state index in [0.29, 0.717) is 38.1 Å². The highest BCUT2D eigenvalue weighted by atomic mass is 19.4. The van der Waals surface area contributed by atoms with E-state index in [-0.39, 0.29) is 11.9 Å². The Morgan fingerprint density at radius 2 is 2.05 bits per heavy atom. The largest absolute Gasteiger partial charge is 0.396 e. The molecule has 1 atom stereocenters. The molecule has 2 rings (SSSR count). The van der Waals surface area contributed by atoms with E-state index in [9.17, 15) is 13.2 Å². The van der Waals surface area contributed by atoms with E-state index in [1.807, 2.05) is 4.90 Å². The maximum absolute atomic E-state index is 12.6. The normalized spacial score (nSPS) is 20.3. The van der Waals surface area contributed by atoms with Gasteiger partial charge in [0.2, 0.25) is 5.95 Å². The molecular formula is C13H21F3N4O. The monoisotopic (exact) mass is 306 g/mol. The number of hydrogen-bond acceptors (Lipinski definition) is 4. The number of rotatable bonds is 4. The SMILES string of the molecule is CCn1c(CC(F)(F)F)nnc1N1CCOC(C(C)C)C1. The van der Waals surface area contributed by atoms with E-state index in [1.165, 1.54) is 4.57 Å². The molecule has 0 aliphatic carbocycles. The molecule has 5 nitrogen and oxygen atoms in total. The Labute approximate surface area is 122 Å². The Hall–Kier alpha value is -1.31. The van der Waals surface area contributed by atoms with E-state index in [0.717, 1.165) is 0 Å². The first kappa shape index (κ1) is 16.1. The summed E-state index contributed by atoms with van der Waals surface area (Å²) in [4.78, 5) is 1.96. The van der Waals surface area contributed by atoms with Crippen molar-refractivity contribution in [1.29, 1.82) is 0 Å². The van der Waals surface area contributed by atoms with Crippen LogP contribution in [0.25, 0.3) is 0 Å². The van der Waals surface area contributed by atoms with Crippen LogP contribution < -0.4 is 4.90 Å². The van der Waals surface area contributed by atoms with E-state index >= 15 is 0 Å². The van der Waals surface area contributed by atoms with Gasteiger partial charge >= 0.3 is 6.18 Å². The van der Waals surface area contributed by atoms with Gasteiger partial charge in [0, 0.05) is 19.6 Å². The molecule has 0 spiro atoms. The van der Waals surface area contributed by atoms with Crippen molar-refractivity contribution < 1.29 is 17.9 Å². The molecule has 2 heterocycles. The lowest BCUT2D eigenvalue weighted by molar-refractivity contribution is -0.129. The van der Waals surface area contributed by atoms with Crippen LogP contribution in [0.5, 0.6) is 0 Å². The van der Waals surface area contributed by atoms with Crippen LogP contribution in [0.4, 0.5) is 19.1 Å². The zero-order valence-electron chi connectivity index (χ0n) is 12.5. The number of morpholine rings is 1. The van der Waals surface area contributed by atoms with Crippen molar-refractivity contribution in [3.8, 4) is 0 Å². The molecule has 1 aliphatic heterocycles. The summed E-state index contributed by atoms with van der Waals surface area (Å²) >= 11 is 0. The maximum atomic E-state index is 12.6. The van der Waals surface area contributed by atoms with E-state index in [4.69, 9.17) is 4.74 Å². The Balaban J connectivity index is 2.19. The Morgan fingerprint density at radius 3 is 2.62 bits per heavy atom. The zero-order chi connectivity index (χ0) is 15.6. The Morgan fingerprint density at radius 1 is 1.33 bits per heavy atom. The molecular weight excluding hydrogens is 285 g/mol. The molecule has 120 valence electrons. The molecule has 1 fully saturated rings. The highest BCUT2D eigenvalue weighted by molar-refractivity contribution is 5.32. The van der Waals surface area contributed by atoms with Gasteiger partial charge in [0.25, 0.3) is 0 Å². The molecule has 1 saturated heterocycles. The summed E-state index contributed by atoms with van der Waals surface area (Å²) in [6.07, 6.45) is -5.26. The quantitative estimate of drug-likeness (QED) is 0.856. The number of ether oxygens (including phenoxy) is 1. The minimum Gasteiger partial charge on any atom is -0.374 e. The number of anilines is 1. The molecule has 1 aromatic rings. The average Bonchev–Trinajstić information content (AvgIpc) is 2.79. The van der Waals surface area contributed by atoms with Crippen molar-refractivity contribution in [2.45, 2.75) is 46.0 Å². The fraction of sp³-hybridized carbons (Fsp3) is 0.846. The van der Waals surface area contributed by atoms with Crippen LogP contribution >= 0.6 is 0 Å². The van der Waals surface area contributed by atoms with Gasteiger partial charge in [-0.05, 0) is 12.8 Å². The van der Waals surface area contributed by atoms with E-state index < -0.39 is 12.6 Å². The first-order chi connectivity index (χ1) is 9.81. The summed E-state index contributed by atoms with van der Waals surface area (Å²) in [5.41, 5.74) is 0. The number of aromatic nitrogens is 3. The van der Waals surface area contributed by atoms with Crippen LogP contribution in [0.15, 0.2) is 0 Å². The van der Waals surface area contributed by atoms with Gasteiger partial charge in [0.15, 0.2) is 0 Å². The molecule has 0 N–H and O–H groups in total. The van der Waals surface area contributed by atoms with Crippen LogP contribution in [0.2, 0.25) is 0 Å². The standard InChI is InChI=1S/C13H21F3N4O/c1-4-20-11(7-13(14,15)16)17-18-12(20)19-5-6-21-10(8-19)9(2)3/h9-10H,4-8H2,1-3H3. The fourth-order valence-electron chi connectivity index (χ4n) is 2.45. The second-order valence-corrected chi connectivity index (χ2v) is 5.55. The van der Waals surface area contributed by atoms with Crippen molar-refractivity contribution in [2.24, 2.45) is 5.92 Å². The number of halogens is 3. The van der Waals surface area contributed by atoms with Gasteiger partial charge in [-0.1, -0.05) is 13.8 Å². The molecule has 0 bridgehead atoms. The third kappa shape index (κ3) is 3.87. The summed E-state index contributed by atoms with van der Waals surface area (Å²) in [7, 11) is 0. The minimum atomic E-state index is -4.28. The van der Waals surface area contributed by atoms with Gasteiger partial charge in [-0.3, -0.25) is 4.57 Å². The predicted molar refractivity (Wildman–Crippen MR) is 72.2 cm³/mol. The van der Waals surface area contributed by atoms with Crippen molar-refractivity contribution in [1.82, 2.24) is 14.8 Å². The van der Waals surface area contributed by atoms with Gasteiger partial charge in [-0.25, -0.2) is 0 Å². The molecule has 0 saturated carbocycles. The van der Waals surface area contributed by atoms with Crippen molar-refractivity contribution >= 4 is 5.95 Å². The van der Waals surface area contributed by atoms with Crippen LogP contribution in [-0.4, -0.2) is 46.7 Å². The second-order valence-electron chi connectivity index (χ2n) is 5.55. The third-order valence-electron chi connectivity index (χ3n) is 3.60. The molecule has 0 amide bonds. The first-order valence-electron chi connectivity index (χ1n) is 7.17. The summed E-state index contributed by atoms with van der Waals surface area (Å²) < 4.78 is 44.9. The molecule has 0 radical (unpaired) electrons. The summed E-state index contributed by atoms with van der Waals surface area (Å²) in [5, 5.41) is 7.70. The molecule has 1 aliphatic rings. The molecule has 8 heteroatoms. The summed E-state index contributed by atoms with van der Waals surface area (Å²) in [6, 6.07) is 0. The van der Waals surface area contributed by atoms with Crippen LogP contribution in [-0.2, 0) is 17.7 Å². The van der Waals surface area contributed by atoms with Gasteiger partial charge in [0.05, 0.1) is 12.7 Å². The van der Waals surface area contributed by atoms with Crippen molar-refractivity contribution in [3.05, 3.63) is 5.82 Å². The van der Waals surface area contributed by atoms with Gasteiger partial charge in [-0.2, -0.15) is 13.2 Å². The molecule has 21 heavy (non-hydrogen) atoms. The zero-order valence-corrected chi connectivity index (χ0v) is 12.5. The third-order valence-corrected chi connectivity index (χ3v) is 3.60. The van der Waals surface area contributed by atoms with E-state index in [1.54, 1.807) is 6.92 Å². The highest BCUT2D eigenvalue weighted by Crippen LogP contribution is 2.24. The topological polar surface area (TPSA) is 43.2 Å². The van der Waals surface area contributed by atoms with Gasteiger partial charge in [-0.15, -0.1) is 10.2 Å². The molecule has 1 unspecified atom stereocenters. The van der Waals surface area contributed by atoms with Crippen LogP contribution in [0.1, 0.15) is 26.6 Å². The highest BCUT2D eigenvalue weighted by Gasteiger charge is 2.33. The Kier molecular flexibility index (Phi) is 4.75. The number of hydrogen-bond donors (Lipinski definition) is 0. The van der Waals surface area contributed by atoms with Gasteiger partial charge < -0.3 is 9.64 Å². The van der Waals surface area contributed by atoms with E-state index in [2.05, 4.69) is 24.0 Å². The predicted octanol–water partition coefficient (Wildman–Crippen LogP) is 2.26. The van der Waals surface area contributed by atoms with Crippen molar-refractivity contribution in [3.63, 3.8) is 0 Å². The van der Waals surface area contributed by atoms with Crippen LogP contribution in [0, 0.1) is 5.92 Å². The lowest BCUT2D eigenvalue weighted by Crippen LogP contribution is -2.45. The number of alkyl halides is 3. The second kappa shape index (κ2) is 6.21. The summed E-state index contributed by atoms with van der Waals surface area (Å²) in [5.74, 6) is 0.818. The lowest BCUT2D eigenvalue weighted by Gasteiger charge is -2.35. The Bertz CT molecular complexity index is 472. The lowest BCUT2D eigenvalue weighted by atomic mass is 10.1. The average molecular weight is 306 g/mol. The minimum absolute atomic E-state index is 0.0346. The van der Waals surface area contributed by atoms with Crippen LogP contribution in [0.3, 0.4) is 0 Å². The summed E-state index contributed by atoms with van der Waals surface area (Å²) in [6.45, 7) is 8.13. The molecule has 1 aromatic heterocycles. The fourth-order valence-corrected chi connectivity index (χ4v) is 2.45. The smallest absolute Gasteiger partial charge is 0.374 e.